The van der Waals surface area contributed by atoms with Crippen LogP contribution in [0.25, 0.3) is 16.8 Å². The van der Waals surface area contributed by atoms with E-state index in [4.69, 9.17) is 0 Å². The molecule has 0 radical (unpaired) electrons. The molecule has 6 nitrogen and oxygen atoms in total. The lowest BCUT2D eigenvalue weighted by Gasteiger charge is -2.13. The first-order valence-corrected chi connectivity index (χ1v) is 10.8. The van der Waals surface area contributed by atoms with Gasteiger partial charge >= 0.3 is 6.18 Å². The fourth-order valence-electron chi connectivity index (χ4n) is 3.64. The van der Waals surface area contributed by atoms with Crippen LogP contribution in [0.4, 0.5) is 18.9 Å². The van der Waals surface area contributed by atoms with E-state index in [1.54, 1.807) is 54.5 Å². The van der Waals surface area contributed by atoms with Gasteiger partial charge in [-0.15, -0.1) is 0 Å². The molecule has 0 bridgehead atoms. The molecule has 0 fully saturated rings. The molecule has 2 amide bonds. The zero-order chi connectivity index (χ0) is 25.3. The molecule has 180 valence electrons. The molecule has 1 N–H and O–H groups in total. The second-order valence-electron chi connectivity index (χ2n) is 8.27. The number of rotatable bonds is 5. The first-order chi connectivity index (χ1) is 16.5. The Morgan fingerprint density at radius 3 is 2.14 bits per heavy atom. The van der Waals surface area contributed by atoms with E-state index >= 15 is 0 Å². The van der Waals surface area contributed by atoms with Gasteiger partial charge in [-0.25, -0.2) is 4.98 Å². The van der Waals surface area contributed by atoms with E-state index in [0.29, 0.717) is 34.6 Å². The molecular formula is C26H23F3N4O2. The number of hydrogen-bond donors (Lipinski definition) is 1. The Bertz CT molecular complexity index is 1390. The highest BCUT2D eigenvalue weighted by atomic mass is 19.4. The van der Waals surface area contributed by atoms with Crippen molar-refractivity contribution >= 4 is 23.1 Å². The lowest BCUT2D eigenvalue weighted by molar-refractivity contribution is -0.137. The number of nitrogens with zero attached hydrogens (tertiary/aromatic N) is 3. The minimum Gasteiger partial charge on any atom is -0.340 e. The summed E-state index contributed by atoms with van der Waals surface area (Å²) in [4.78, 5) is 30.4. The number of fused-ring (bicyclic) bond motifs is 1. The summed E-state index contributed by atoms with van der Waals surface area (Å²) in [7, 11) is 1.71. The summed E-state index contributed by atoms with van der Waals surface area (Å²) in [6.45, 7) is 3.78. The van der Waals surface area contributed by atoms with Crippen molar-refractivity contribution in [2.45, 2.75) is 26.6 Å². The van der Waals surface area contributed by atoms with Gasteiger partial charge < -0.3 is 14.6 Å². The Balaban J connectivity index is 1.49. The number of pyridine rings is 1. The Hall–Kier alpha value is -4.14. The van der Waals surface area contributed by atoms with Crippen molar-refractivity contribution in [3.05, 3.63) is 89.4 Å². The quantitative estimate of drug-likeness (QED) is 0.407. The topological polar surface area (TPSA) is 66.7 Å². The Labute approximate surface area is 200 Å². The molecule has 0 spiro atoms. The van der Waals surface area contributed by atoms with Crippen molar-refractivity contribution in [2.24, 2.45) is 0 Å². The smallest absolute Gasteiger partial charge is 0.340 e. The van der Waals surface area contributed by atoms with Crippen LogP contribution in [-0.2, 0) is 17.5 Å². The molecule has 9 heteroatoms. The lowest BCUT2D eigenvalue weighted by atomic mass is 10.0. The Morgan fingerprint density at radius 2 is 1.57 bits per heavy atom. The van der Waals surface area contributed by atoms with Gasteiger partial charge in [0.2, 0.25) is 5.91 Å². The third kappa shape index (κ3) is 5.18. The van der Waals surface area contributed by atoms with Crippen LogP contribution < -0.4 is 5.32 Å². The fourth-order valence-corrected chi connectivity index (χ4v) is 3.64. The number of benzene rings is 2. The molecule has 2 heterocycles. The van der Waals surface area contributed by atoms with Crippen LogP contribution >= 0.6 is 0 Å². The van der Waals surface area contributed by atoms with Gasteiger partial charge in [0.05, 0.1) is 23.5 Å². The molecule has 0 aliphatic carbocycles. The van der Waals surface area contributed by atoms with Crippen molar-refractivity contribution in [3.63, 3.8) is 0 Å². The molecule has 2 aromatic heterocycles. The molecule has 2 aromatic carbocycles. The highest BCUT2D eigenvalue weighted by Gasteiger charge is 2.30. The van der Waals surface area contributed by atoms with Gasteiger partial charge in [0, 0.05) is 31.4 Å². The monoisotopic (exact) mass is 480 g/mol. The fraction of sp³-hybridized carbons (Fsp3) is 0.192. The Morgan fingerprint density at radius 1 is 0.971 bits per heavy atom. The second kappa shape index (κ2) is 9.25. The van der Waals surface area contributed by atoms with Gasteiger partial charge in [-0.05, 0) is 54.4 Å². The molecule has 0 aliphatic rings. The summed E-state index contributed by atoms with van der Waals surface area (Å²) in [5, 5.41) is 2.85. The predicted octanol–water partition coefficient (Wildman–Crippen LogP) is 5.56. The maximum atomic E-state index is 12.8. The minimum absolute atomic E-state index is 0.0567. The number of carbonyl (C=O) groups excluding carboxylic acids is 2. The number of aryl methyl sites for hydroxylation is 1. The van der Waals surface area contributed by atoms with E-state index in [-0.39, 0.29) is 11.8 Å². The van der Waals surface area contributed by atoms with Gasteiger partial charge in [0.15, 0.2) is 0 Å². The summed E-state index contributed by atoms with van der Waals surface area (Å²) < 4.78 is 40.2. The lowest BCUT2D eigenvalue weighted by Crippen LogP contribution is -2.23. The van der Waals surface area contributed by atoms with Crippen molar-refractivity contribution in [2.75, 3.05) is 12.4 Å². The van der Waals surface area contributed by atoms with Crippen molar-refractivity contribution in [3.8, 4) is 11.1 Å². The number of hydrogen-bond acceptors (Lipinski definition) is 3. The number of halogens is 3. The number of anilines is 1. The molecule has 0 saturated heterocycles. The van der Waals surface area contributed by atoms with Gasteiger partial charge in [0.1, 0.15) is 5.65 Å². The highest BCUT2D eigenvalue weighted by Crippen LogP contribution is 2.31. The molecule has 4 aromatic rings. The van der Waals surface area contributed by atoms with Crippen LogP contribution in [0.1, 0.15) is 34.2 Å². The average molecular weight is 480 g/mol. The second-order valence-corrected chi connectivity index (χ2v) is 8.27. The SMILES string of the molecule is CC(=O)N(C)Cc1nc2ccc(NC(=O)c3ccc(-c4ccc(C(F)(F)F)cc4)cc3)cn2c1C. The van der Waals surface area contributed by atoms with E-state index < -0.39 is 11.7 Å². The number of nitrogens with one attached hydrogen (secondary N) is 1. The molecule has 0 atom stereocenters. The third-order valence-corrected chi connectivity index (χ3v) is 5.83. The largest absolute Gasteiger partial charge is 0.416 e. The van der Waals surface area contributed by atoms with Gasteiger partial charge in [-0.2, -0.15) is 13.2 Å². The number of imidazole rings is 1. The van der Waals surface area contributed by atoms with Gasteiger partial charge in [-0.3, -0.25) is 9.59 Å². The number of amides is 2. The van der Waals surface area contributed by atoms with Crippen LogP contribution in [0.15, 0.2) is 66.9 Å². The zero-order valence-electron chi connectivity index (χ0n) is 19.3. The van der Waals surface area contributed by atoms with E-state index in [1.807, 2.05) is 11.3 Å². The summed E-state index contributed by atoms with van der Waals surface area (Å²) in [5.74, 6) is -0.378. The maximum absolute atomic E-state index is 12.8. The number of aromatic nitrogens is 2. The van der Waals surface area contributed by atoms with Gasteiger partial charge in [-0.1, -0.05) is 24.3 Å². The van der Waals surface area contributed by atoms with Crippen LogP contribution in [0, 0.1) is 6.92 Å². The van der Waals surface area contributed by atoms with Crippen LogP contribution in [0.2, 0.25) is 0 Å². The zero-order valence-corrected chi connectivity index (χ0v) is 19.3. The molecule has 0 aliphatic heterocycles. The van der Waals surface area contributed by atoms with E-state index in [2.05, 4.69) is 10.3 Å². The summed E-state index contributed by atoms with van der Waals surface area (Å²) in [6.07, 6.45) is -2.62. The first kappa shape index (κ1) is 24.0. The van der Waals surface area contributed by atoms with E-state index in [9.17, 15) is 22.8 Å². The first-order valence-electron chi connectivity index (χ1n) is 10.8. The van der Waals surface area contributed by atoms with Crippen molar-refractivity contribution in [1.82, 2.24) is 14.3 Å². The van der Waals surface area contributed by atoms with Gasteiger partial charge in [0.25, 0.3) is 5.91 Å². The molecule has 0 unspecified atom stereocenters. The Kier molecular flexibility index (Phi) is 6.34. The van der Waals surface area contributed by atoms with Crippen LogP contribution in [0.3, 0.4) is 0 Å². The normalized spacial score (nSPS) is 11.5. The maximum Gasteiger partial charge on any atom is 0.416 e. The number of carbonyl (C=O) groups is 2. The van der Waals surface area contributed by atoms with E-state index in [1.165, 1.54) is 19.1 Å². The standard InChI is InChI=1S/C26H23F3N4O2/c1-16-23(15-32(3)17(2)34)31-24-13-12-22(14-33(16)24)30-25(35)20-6-4-18(5-7-20)19-8-10-21(11-9-19)26(27,28)29/h4-14H,15H2,1-3H3,(H,30,35). The van der Waals surface area contributed by atoms with Crippen LogP contribution in [-0.4, -0.2) is 33.1 Å². The van der Waals surface area contributed by atoms with Crippen LogP contribution in [0.5, 0.6) is 0 Å². The molecule has 35 heavy (non-hydrogen) atoms. The molecule has 0 saturated carbocycles. The third-order valence-electron chi connectivity index (χ3n) is 5.83. The number of alkyl halides is 3. The molecule has 4 rings (SSSR count). The van der Waals surface area contributed by atoms with Crippen molar-refractivity contribution in [1.29, 1.82) is 0 Å². The summed E-state index contributed by atoms with van der Waals surface area (Å²) in [6, 6.07) is 15.0. The summed E-state index contributed by atoms with van der Waals surface area (Å²) in [5.41, 5.74) is 3.93. The highest BCUT2D eigenvalue weighted by molar-refractivity contribution is 6.04. The average Bonchev–Trinajstić information content (AvgIpc) is 3.13. The predicted molar refractivity (Wildman–Crippen MR) is 127 cm³/mol. The minimum atomic E-state index is -4.38. The summed E-state index contributed by atoms with van der Waals surface area (Å²) >= 11 is 0. The van der Waals surface area contributed by atoms with E-state index in [0.717, 1.165) is 23.5 Å². The van der Waals surface area contributed by atoms with Crippen molar-refractivity contribution < 1.29 is 22.8 Å². The molecular weight excluding hydrogens is 457 g/mol.